The third kappa shape index (κ3) is 2.28. The molecule has 4 heteroatoms. The number of hydrogen-bond acceptors (Lipinski definition) is 3. The maximum atomic E-state index is 5.49. The SMILES string of the molecule is CCOc1ccccc1Nn1ccnc1. The van der Waals surface area contributed by atoms with Crippen molar-refractivity contribution in [3.8, 4) is 5.75 Å². The molecule has 1 aromatic carbocycles. The van der Waals surface area contributed by atoms with Crippen LogP contribution in [0, 0.1) is 0 Å². The Morgan fingerprint density at radius 2 is 2.27 bits per heavy atom. The highest BCUT2D eigenvalue weighted by molar-refractivity contribution is 5.55. The molecule has 4 nitrogen and oxygen atoms in total. The number of anilines is 1. The number of nitrogens with zero attached hydrogens (tertiary/aromatic N) is 2. The van der Waals surface area contributed by atoms with Crippen molar-refractivity contribution in [2.24, 2.45) is 0 Å². The van der Waals surface area contributed by atoms with Crippen LogP contribution in [0.25, 0.3) is 0 Å². The molecule has 0 aliphatic rings. The van der Waals surface area contributed by atoms with Crippen LogP contribution in [0.3, 0.4) is 0 Å². The minimum atomic E-state index is 0.655. The predicted molar refractivity (Wildman–Crippen MR) is 58.9 cm³/mol. The summed E-state index contributed by atoms with van der Waals surface area (Å²) in [6.45, 7) is 2.62. The summed E-state index contributed by atoms with van der Waals surface area (Å²) in [5, 5.41) is 0. The van der Waals surface area contributed by atoms with Crippen molar-refractivity contribution in [3.05, 3.63) is 43.0 Å². The Kier molecular flexibility index (Phi) is 2.88. The van der Waals surface area contributed by atoms with Crippen molar-refractivity contribution in [1.29, 1.82) is 0 Å². The standard InChI is InChI=1S/C11H13N3O/c1-2-15-11-6-4-3-5-10(11)13-14-8-7-12-9-14/h3-9,13H,2H2,1H3. The summed E-state index contributed by atoms with van der Waals surface area (Å²) in [6.07, 6.45) is 5.25. The lowest BCUT2D eigenvalue weighted by atomic mass is 10.3. The first-order valence-corrected chi connectivity index (χ1v) is 4.87. The van der Waals surface area contributed by atoms with Crippen molar-refractivity contribution in [2.45, 2.75) is 6.92 Å². The number of aromatic nitrogens is 2. The highest BCUT2D eigenvalue weighted by Crippen LogP contribution is 2.23. The number of imidazole rings is 1. The van der Waals surface area contributed by atoms with Crippen LogP contribution in [0.5, 0.6) is 5.75 Å². The van der Waals surface area contributed by atoms with Crippen molar-refractivity contribution in [2.75, 3.05) is 12.0 Å². The minimum Gasteiger partial charge on any atom is -0.492 e. The average Bonchev–Trinajstić information content (AvgIpc) is 2.74. The van der Waals surface area contributed by atoms with Gasteiger partial charge in [0.05, 0.1) is 12.3 Å². The maximum absolute atomic E-state index is 5.49. The Morgan fingerprint density at radius 3 is 3.00 bits per heavy atom. The van der Waals surface area contributed by atoms with E-state index in [1.165, 1.54) is 0 Å². The Labute approximate surface area is 88.5 Å². The third-order valence-electron chi connectivity index (χ3n) is 1.94. The zero-order valence-corrected chi connectivity index (χ0v) is 8.55. The van der Waals surface area contributed by atoms with Gasteiger partial charge >= 0.3 is 0 Å². The minimum absolute atomic E-state index is 0.655. The first kappa shape index (κ1) is 9.58. The fourth-order valence-electron chi connectivity index (χ4n) is 1.30. The molecule has 0 radical (unpaired) electrons. The lowest BCUT2D eigenvalue weighted by Crippen LogP contribution is -2.07. The highest BCUT2D eigenvalue weighted by Gasteiger charge is 2.01. The molecule has 0 unspecified atom stereocenters. The largest absolute Gasteiger partial charge is 0.492 e. The van der Waals surface area contributed by atoms with Crippen LogP contribution in [0.2, 0.25) is 0 Å². The Morgan fingerprint density at radius 1 is 1.40 bits per heavy atom. The molecular formula is C11H13N3O. The molecule has 2 aromatic rings. The molecule has 1 N–H and O–H groups in total. The summed E-state index contributed by atoms with van der Waals surface area (Å²) >= 11 is 0. The fraction of sp³-hybridized carbons (Fsp3) is 0.182. The molecule has 0 aliphatic heterocycles. The fourth-order valence-corrected chi connectivity index (χ4v) is 1.30. The summed E-state index contributed by atoms with van der Waals surface area (Å²) in [4.78, 5) is 3.95. The number of para-hydroxylation sites is 2. The smallest absolute Gasteiger partial charge is 0.144 e. The highest BCUT2D eigenvalue weighted by atomic mass is 16.5. The normalized spacial score (nSPS) is 9.93. The molecule has 0 bridgehead atoms. The van der Waals surface area contributed by atoms with Crippen LogP contribution < -0.4 is 10.2 Å². The van der Waals surface area contributed by atoms with Gasteiger partial charge in [0.2, 0.25) is 0 Å². The molecule has 0 saturated heterocycles. The van der Waals surface area contributed by atoms with Crippen LogP contribution in [-0.4, -0.2) is 16.3 Å². The lowest BCUT2D eigenvalue weighted by Gasteiger charge is -2.11. The number of ether oxygens (including phenoxy) is 1. The van der Waals surface area contributed by atoms with Crippen molar-refractivity contribution < 1.29 is 4.74 Å². The van der Waals surface area contributed by atoms with E-state index in [-0.39, 0.29) is 0 Å². The molecule has 0 fully saturated rings. The maximum Gasteiger partial charge on any atom is 0.144 e. The zero-order chi connectivity index (χ0) is 10.5. The third-order valence-corrected chi connectivity index (χ3v) is 1.94. The van der Waals surface area contributed by atoms with E-state index in [2.05, 4.69) is 10.4 Å². The number of nitrogens with one attached hydrogen (secondary N) is 1. The Bertz CT molecular complexity index is 412. The van der Waals surface area contributed by atoms with E-state index >= 15 is 0 Å². The van der Waals surface area contributed by atoms with Crippen LogP contribution in [0.15, 0.2) is 43.0 Å². The molecule has 0 amide bonds. The molecular weight excluding hydrogens is 190 g/mol. The van der Waals surface area contributed by atoms with Crippen molar-refractivity contribution >= 4 is 5.69 Å². The first-order valence-electron chi connectivity index (χ1n) is 4.87. The Hall–Kier alpha value is -1.97. The first-order chi connectivity index (χ1) is 7.40. The Balaban J connectivity index is 2.20. The van der Waals surface area contributed by atoms with Crippen LogP contribution >= 0.6 is 0 Å². The number of hydrogen-bond donors (Lipinski definition) is 1. The summed E-state index contributed by atoms with van der Waals surface area (Å²) in [7, 11) is 0. The van der Waals surface area contributed by atoms with Gasteiger partial charge in [-0.15, -0.1) is 0 Å². The monoisotopic (exact) mass is 203 g/mol. The van der Waals surface area contributed by atoms with Gasteiger partial charge in [-0.05, 0) is 19.1 Å². The van der Waals surface area contributed by atoms with Gasteiger partial charge in [0.1, 0.15) is 12.1 Å². The van der Waals surface area contributed by atoms with E-state index in [9.17, 15) is 0 Å². The van der Waals surface area contributed by atoms with Gasteiger partial charge in [0, 0.05) is 12.4 Å². The van der Waals surface area contributed by atoms with Crippen LogP contribution in [-0.2, 0) is 0 Å². The van der Waals surface area contributed by atoms with Gasteiger partial charge in [-0.3, -0.25) is 10.1 Å². The van der Waals surface area contributed by atoms with Gasteiger partial charge in [-0.2, -0.15) is 0 Å². The quantitative estimate of drug-likeness (QED) is 0.827. The van der Waals surface area contributed by atoms with E-state index in [0.29, 0.717) is 6.61 Å². The lowest BCUT2D eigenvalue weighted by molar-refractivity contribution is 0.341. The molecule has 1 aromatic heterocycles. The van der Waals surface area contributed by atoms with Gasteiger partial charge in [-0.1, -0.05) is 12.1 Å². The summed E-state index contributed by atoms with van der Waals surface area (Å²) in [6, 6.07) is 7.81. The van der Waals surface area contributed by atoms with Crippen LogP contribution in [0.4, 0.5) is 5.69 Å². The van der Waals surface area contributed by atoms with Gasteiger partial charge in [0.15, 0.2) is 0 Å². The molecule has 15 heavy (non-hydrogen) atoms. The predicted octanol–water partition coefficient (Wildman–Crippen LogP) is 2.16. The zero-order valence-electron chi connectivity index (χ0n) is 8.55. The summed E-state index contributed by atoms with van der Waals surface area (Å²) in [5.74, 6) is 0.841. The molecule has 1 heterocycles. The second-order valence-electron chi connectivity index (χ2n) is 3.01. The molecule has 0 aliphatic carbocycles. The van der Waals surface area contributed by atoms with Gasteiger partial charge in [-0.25, -0.2) is 4.98 Å². The number of rotatable bonds is 4. The van der Waals surface area contributed by atoms with Crippen LogP contribution in [0.1, 0.15) is 6.92 Å². The molecule has 0 spiro atoms. The second kappa shape index (κ2) is 4.50. The van der Waals surface area contributed by atoms with E-state index in [0.717, 1.165) is 11.4 Å². The molecule has 2 rings (SSSR count). The molecule has 0 atom stereocenters. The summed E-state index contributed by atoms with van der Waals surface area (Å²) < 4.78 is 7.27. The van der Waals surface area contributed by atoms with E-state index in [4.69, 9.17) is 4.74 Å². The van der Waals surface area contributed by atoms with E-state index in [1.54, 1.807) is 17.2 Å². The topological polar surface area (TPSA) is 39.1 Å². The average molecular weight is 203 g/mol. The summed E-state index contributed by atoms with van der Waals surface area (Å²) in [5.41, 5.74) is 4.09. The van der Waals surface area contributed by atoms with Gasteiger partial charge < -0.3 is 4.74 Å². The van der Waals surface area contributed by atoms with E-state index < -0.39 is 0 Å². The molecule has 0 saturated carbocycles. The van der Waals surface area contributed by atoms with E-state index in [1.807, 2.05) is 37.4 Å². The van der Waals surface area contributed by atoms with Gasteiger partial charge in [0.25, 0.3) is 0 Å². The second-order valence-corrected chi connectivity index (χ2v) is 3.01. The van der Waals surface area contributed by atoms with Crippen molar-refractivity contribution in [1.82, 2.24) is 9.66 Å². The number of benzene rings is 1. The molecule has 78 valence electrons. The van der Waals surface area contributed by atoms with Crippen molar-refractivity contribution in [3.63, 3.8) is 0 Å².